The van der Waals surface area contributed by atoms with Gasteiger partial charge in [-0.25, -0.2) is 4.79 Å². The third kappa shape index (κ3) is 1.89. The Kier molecular flexibility index (Phi) is 3.15. The minimum atomic E-state index is -1.03. The third-order valence-electron chi connectivity index (χ3n) is 3.81. The molecular weight excluding hydrogens is 232 g/mol. The monoisotopic (exact) mass is 250 g/mol. The van der Waals surface area contributed by atoms with E-state index in [9.17, 15) is 9.59 Å². The first-order chi connectivity index (χ1) is 8.43. The summed E-state index contributed by atoms with van der Waals surface area (Å²) in [6.07, 6.45) is 3.24. The summed E-state index contributed by atoms with van der Waals surface area (Å²) >= 11 is 0. The highest BCUT2D eigenvalue weighted by molar-refractivity contribution is 6.00. The Labute approximate surface area is 106 Å². The lowest BCUT2D eigenvalue weighted by molar-refractivity contribution is 0.0650. The number of carboxylic acid groups (broad SMARTS) is 1. The zero-order chi connectivity index (χ0) is 13.4. The van der Waals surface area contributed by atoms with Crippen molar-refractivity contribution in [2.75, 3.05) is 7.05 Å². The molecule has 1 heterocycles. The number of aromatic amines is 1. The average Bonchev–Trinajstić information content (AvgIpc) is 2.51. The van der Waals surface area contributed by atoms with Crippen molar-refractivity contribution in [3.63, 3.8) is 0 Å². The Morgan fingerprint density at radius 1 is 1.33 bits per heavy atom. The fourth-order valence-corrected chi connectivity index (χ4v) is 2.40. The molecule has 0 bridgehead atoms. The number of aromatic carboxylic acids is 1. The Hall–Kier alpha value is -1.78. The Balaban J connectivity index is 2.32. The molecular formula is C13H18N2O3. The normalized spacial score (nSPS) is 15.3. The van der Waals surface area contributed by atoms with Gasteiger partial charge in [0.1, 0.15) is 5.69 Å². The number of amides is 1. The molecule has 1 saturated carbocycles. The lowest BCUT2D eigenvalue weighted by Gasteiger charge is -2.34. The van der Waals surface area contributed by atoms with E-state index >= 15 is 0 Å². The highest BCUT2D eigenvalue weighted by Crippen LogP contribution is 2.27. The summed E-state index contributed by atoms with van der Waals surface area (Å²) in [6.45, 7) is 3.41. The van der Waals surface area contributed by atoms with Gasteiger partial charge in [-0.15, -0.1) is 0 Å². The number of hydrogen-bond donors (Lipinski definition) is 2. The van der Waals surface area contributed by atoms with Crippen LogP contribution >= 0.6 is 0 Å². The van der Waals surface area contributed by atoms with Gasteiger partial charge in [0.2, 0.25) is 0 Å². The van der Waals surface area contributed by atoms with Crippen molar-refractivity contribution in [2.24, 2.45) is 0 Å². The van der Waals surface area contributed by atoms with Crippen LogP contribution in [0.4, 0.5) is 0 Å². The zero-order valence-electron chi connectivity index (χ0n) is 10.9. The summed E-state index contributed by atoms with van der Waals surface area (Å²) in [6, 6.07) is 0.305. The smallest absolute Gasteiger partial charge is 0.352 e. The predicted molar refractivity (Wildman–Crippen MR) is 67.0 cm³/mol. The van der Waals surface area contributed by atoms with Crippen LogP contribution in [0.1, 0.15) is 51.4 Å². The molecule has 1 fully saturated rings. The molecule has 0 spiro atoms. The number of aryl methyl sites for hydroxylation is 1. The van der Waals surface area contributed by atoms with E-state index in [1.165, 1.54) is 0 Å². The number of nitrogens with zero attached hydrogens (tertiary/aromatic N) is 1. The molecule has 2 rings (SSSR count). The van der Waals surface area contributed by atoms with Crippen molar-refractivity contribution < 1.29 is 14.7 Å². The van der Waals surface area contributed by atoms with Crippen molar-refractivity contribution in [1.29, 1.82) is 0 Å². The van der Waals surface area contributed by atoms with Gasteiger partial charge in [-0.05, 0) is 38.7 Å². The van der Waals surface area contributed by atoms with Gasteiger partial charge >= 0.3 is 5.97 Å². The van der Waals surface area contributed by atoms with Crippen molar-refractivity contribution >= 4 is 11.9 Å². The predicted octanol–water partition coefficient (Wildman–Crippen LogP) is 1.95. The molecule has 1 aliphatic rings. The molecule has 1 amide bonds. The number of carboxylic acids is 1. The number of aromatic nitrogens is 1. The number of H-pyrrole nitrogens is 1. The number of rotatable bonds is 3. The first-order valence-corrected chi connectivity index (χ1v) is 6.13. The van der Waals surface area contributed by atoms with Crippen LogP contribution in [-0.2, 0) is 0 Å². The molecule has 0 aromatic carbocycles. The van der Waals surface area contributed by atoms with E-state index < -0.39 is 5.97 Å². The third-order valence-corrected chi connectivity index (χ3v) is 3.81. The lowest BCUT2D eigenvalue weighted by Crippen LogP contribution is -2.41. The van der Waals surface area contributed by atoms with E-state index in [4.69, 9.17) is 5.11 Å². The van der Waals surface area contributed by atoms with Crippen LogP contribution in [0.15, 0.2) is 0 Å². The highest BCUT2D eigenvalue weighted by atomic mass is 16.4. The molecule has 18 heavy (non-hydrogen) atoms. The summed E-state index contributed by atoms with van der Waals surface area (Å²) in [7, 11) is 1.79. The average molecular weight is 250 g/mol. The number of nitrogens with one attached hydrogen (secondary N) is 1. The first-order valence-electron chi connectivity index (χ1n) is 6.13. The molecule has 1 aromatic heterocycles. The molecule has 5 nitrogen and oxygen atoms in total. The molecule has 1 aromatic rings. The largest absolute Gasteiger partial charge is 0.477 e. The summed E-state index contributed by atoms with van der Waals surface area (Å²) < 4.78 is 0. The molecule has 98 valence electrons. The second-order valence-corrected chi connectivity index (χ2v) is 4.93. The second kappa shape index (κ2) is 4.48. The minimum absolute atomic E-state index is 0.0848. The van der Waals surface area contributed by atoms with E-state index in [1.54, 1.807) is 25.8 Å². The SMILES string of the molecule is Cc1[nH]c(C(=O)O)c(C)c1C(=O)N(C)C1CCC1. The lowest BCUT2D eigenvalue weighted by atomic mass is 9.91. The van der Waals surface area contributed by atoms with Crippen LogP contribution < -0.4 is 0 Å². The summed E-state index contributed by atoms with van der Waals surface area (Å²) in [4.78, 5) is 27.9. The molecule has 0 atom stereocenters. The van der Waals surface area contributed by atoms with Gasteiger partial charge in [0, 0.05) is 18.8 Å². The van der Waals surface area contributed by atoms with Gasteiger partial charge in [-0.1, -0.05) is 0 Å². The van der Waals surface area contributed by atoms with Crippen LogP contribution in [0.2, 0.25) is 0 Å². The fraction of sp³-hybridized carbons (Fsp3) is 0.538. The van der Waals surface area contributed by atoms with Gasteiger partial charge in [-0.3, -0.25) is 4.79 Å². The van der Waals surface area contributed by atoms with Crippen molar-refractivity contribution in [3.8, 4) is 0 Å². The van der Waals surface area contributed by atoms with E-state index in [1.807, 2.05) is 0 Å². The van der Waals surface area contributed by atoms with E-state index in [0.717, 1.165) is 19.3 Å². The number of hydrogen-bond acceptors (Lipinski definition) is 2. The van der Waals surface area contributed by atoms with Crippen LogP contribution in [-0.4, -0.2) is 40.0 Å². The first kappa shape index (κ1) is 12.7. The molecule has 2 N–H and O–H groups in total. The van der Waals surface area contributed by atoms with Gasteiger partial charge in [-0.2, -0.15) is 0 Å². The highest BCUT2D eigenvalue weighted by Gasteiger charge is 2.30. The van der Waals surface area contributed by atoms with E-state index in [2.05, 4.69) is 4.98 Å². The molecule has 0 saturated heterocycles. The molecule has 0 radical (unpaired) electrons. The second-order valence-electron chi connectivity index (χ2n) is 4.93. The van der Waals surface area contributed by atoms with Crippen molar-refractivity contribution in [2.45, 2.75) is 39.2 Å². The Morgan fingerprint density at radius 2 is 1.94 bits per heavy atom. The quantitative estimate of drug-likeness (QED) is 0.861. The number of carbonyl (C=O) groups excluding carboxylic acids is 1. The Bertz CT molecular complexity index is 501. The summed E-state index contributed by atoms with van der Waals surface area (Å²) in [5.74, 6) is -1.11. The van der Waals surface area contributed by atoms with Crippen LogP contribution in [0, 0.1) is 13.8 Å². The molecule has 5 heteroatoms. The summed E-state index contributed by atoms with van der Waals surface area (Å²) in [5.41, 5.74) is 1.76. The Morgan fingerprint density at radius 3 is 2.33 bits per heavy atom. The fourth-order valence-electron chi connectivity index (χ4n) is 2.40. The van der Waals surface area contributed by atoms with Crippen LogP contribution in [0.3, 0.4) is 0 Å². The minimum Gasteiger partial charge on any atom is -0.477 e. The van der Waals surface area contributed by atoms with Crippen LogP contribution in [0.5, 0.6) is 0 Å². The van der Waals surface area contributed by atoms with Crippen molar-refractivity contribution in [1.82, 2.24) is 9.88 Å². The molecule has 0 aliphatic heterocycles. The summed E-state index contributed by atoms with van der Waals surface area (Å²) in [5, 5.41) is 9.03. The van der Waals surface area contributed by atoms with E-state index in [-0.39, 0.29) is 11.6 Å². The van der Waals surface area contributed by atoms with E-state index in [0.29, 0.717) is 22.9 Å². The zero-order valence-corrected chi connectivity index (χ0v) is 10.9. The van der Waals surface area contributed by atoms with Gasteiger partial charge < -0.3 is 15.0 Å². The maximum absolute atomic E-state index is 12.4. The van der Waals surface area contributed by atoms with Gasteiger partial charge in [0.15, 0.2) is 0 Å². The van der Waals surface area contributed by atoms with Gasteiger partial charge in [0.25, 0.3) is 5.91 Å². The topological polar surface area (TPSA) is 73.4 Å². The van der Waals surface area contributed by atoms with Crippen molar-refractivity contribution in [3.05, 3.63) is 22.5 Å². The number of carbonyl (C=O) groups is 2. The van der Waals surface area contributed by atoms with Crippen LogP contribution in [0.25, 0.3) is 0 Å². The van der Waals surface area contributed by atoms with Gasteiger partial charge in [0.05, 0.1) is 5.56 Å². The maximum atomic E-state index is 12.4. The molecule has 1 aliphatic carbocycles. The maximum Gasteiger partial charge on any atom is 0.352 e. The standard InChI is InChI=1S/C13H18N2O3/c1-7-10(8(2)14-11(7)13(17)18)12(16)15(3)9-5-4-6-9/h9,14H,4-6H2,1-3H3,(H,17,18). The molecule has 0 unspecified atom stereocenters.